The summed E-state index contributed by atoms with van der Waals surface area (Å²) < 4.78 is 48.6. The van der Waals surface area contributed by atoms with Gasteiger partial charge >= 0.3 is 0 Å². The van der Waals surface area contributed by atoms with Crippen molar-refractivity contribution in [2.75, 3.05) is 17.7 Å². The van der Waals surface area contributed by atoms with Gasteiger partial charge in [-0.3, -0.25) is 9.36 Å². The zero-order valence-corrected chi connectivity index (χ0v) is 18.8. The highest BCUT2D eigenvalue weighted by molar-refractivity contribution is 7.99. The van der Waals surface area contributed by atoms with Gasteiger partial charge in [0.1, 0.15) is 23.2 Å². The third-order valence-corrected chi connectivity index (χ3v) is 5.62. The Morgan fingerprint density at radius 2 is 1.76 bits per heavy atom. The lowest BCUT2D eigenvalue weighted by molar-refractivity contribution is -0.113. The fourth-order valence-corrected chi connectivity index (χ4v) is 3.92. The molecule has 4 aromatic rings. The molecular weight excluding hydrogens is 465 g/mol. The van der Waals surface area contributed by atoms with E-state index in [4.69, 9.17) is 4.74 Å². The zero-order valence-electron chi connectivity index (χ0n) is 18.0. The second-order valence-electron chi connectivity index (χ2n) is 7.01. The molecule has 1 heterocycles. The summed E-state index contributed by atoms with van der Waals surface area (Å²) in [6.07, 6.45) is 0. The van der Waals surface area contributed by atoms with Crippen LogP contribution in [0.1, 0.15) is 6.92 Å². The van der Waals surface area contributed by atoms with Gasteiger partial charge in [0, 0.05) is 11.6 Å². The number of nitrogens with one attached hydrogen (secondary N) is 1. The Labute approximate surface area is 197 Å². The summed E-state index contributed by atoms with van der Waals surface area (Å²) in [4.78, 5) is 12.4. The first-order valence-corrected chi connectivity index (χ1v) is 11.3. The van der Waals surface area contributed by atoms with Crippen LogP contribution in [-0.4, -0.2) is 33.0 Å². The van der Waals surface area contributed by atoms with Gasteiger partial charge in [-0.1, -0.05) is 23.9 Å². The second kappa shape index (κ2) is 10.4. The number of rotatable bonds is 8. The number of nitrogens with zero attached hydrogens (tertiary/aromatic N) is 3. The van der Waals surface area contributed by atoms with Crippen LogP contribution >= 0.6 is 11.8 Å². The lowest BCUT2D eigenvalue weighted by Gasteiger charge is -2.12. The number of hydrogen-bond donors (Lipinski definition) is 1. The number of para-hydroxylation sites is 1. The van der Waals surface area contributed by atoms with E-state index < -0.39 is 23.4 Å². The highest BCUT2D eigenvalue weighted by Crippen LogP contribution is 2.30. The minimum atomic E-state index is -0.884. The van der Waals surface area contributed by atoms with Crippen LogP contribution in [0.15, 0.2) is 71.9 Å². The number of amides is 1. The lowest BCUT2D eigenvalue weighted by Crippen LogP contribution is -2.15. The van der Waals surface area contributed by atoms with Crippen molar-refractivity contribution in [2.24, 2.45) is 0 Å². The standard InChI is InChI=1S/C24H19F3N4O2S/c1-2-33-17-10-7-15(8-11-17)23-29-30-24(31(23)21-6-4-3-5-18(21)26)34-14-22(32)28-20-12-9-16(25)13-19(20)27/h3-13H,2,14H2,1H3,(H,28,32). The van der Waals surface area contributed by atoms with Gasteiger partial charge in [0.2, 0.25) is 5.91 Å². The number of thioether (sulfide) groups is 1. The molecule has 10 heteroatoms. The molecule has 0 aliphatic rings. The van der Waals surface area contributed by atoms with E-state index in [2.05, 4.69) is 15.5 Å². The summed E-state index contributed by atoms with van der Waals surface area (Å²) in [7, 11) is 0. The molecule has 0 aliphatic carbocycles. The molecule has 1 amide bonds. The molecule has 0 radical (unpaired) electrons. The maximum atomic E-state index is 14.7. The maximum Gasteiger partial charge on any atom is 0.234 e. The minimum Gasteiger partial charge on any atom is -0.494 e. The highest BCUT2D eigenvalue weighted by Gasteiger charge is 2.20. The average Bonchev–Trinajstić information content (AvgIpc) is 3.24. The summed E-state index contributed by atoms with van der Waals surface area (Å²) in [6, 6.07) is 16.1. The van der Waals surface area contributed by atoms with Crippen molar-refractivity contribution in [2.45, 2.75) is 12.1 Å². The van der Waals surface area contributed by atoms with E-state index in [9.17, 15) is 18.0 Å². The molecule has 1 N–H and O–H groups in total. The summed E-state index contributed by atoms with van der Waals surface area (Å²) in [5, 5.41) is 11.0. The van der Waals surface area contributed by atoms with Crippen molar-refractivity contribution >= 4 is 23.4 Å². The molecule has 6 nitrogen and oxygen atoms in total. The largest absolute Gasteiger partial charge is 0.494 e. The van der Waals surface area contributed by atoms with E-state index in [0.29, 0.717) is 29.8 Å². The number of carbonyl (C=O) groups excluding carboxylic acids is 1. The maximum absolute atomic E-state index is 14.7. The third-order valence-electron chi connectivity index (χ3n) is 4.69. The van der Waals surface area contributed by atoms with Gasteiger partial charge in [-0.25, -0.2) is 13.2 Å². The summed E-state index contributed by atoms with van der Waals surface area (Å²) in [6.45, 7) is 2.41. The Balaban J connectivity index is 1.61. The molecule has 0 atom stereocenters. The van der Waals surface area contributed by atoms with E-state index in [1.807, 2.05) is 6.92 Å². The topological polar surface area (TPSA) is 69.0 Å². The zero-order chi connectivity index (χ0) is 24.1. The number of ether oxygens (including phenoxy) is 1. The van der Waals surface area contributed by atoms with E-state index in [1.165, 1.54) is 10.6 Å². The van der Waals surface area contributed by atoms with Gasteiger partial charge in [0.05, 0.1) is 23.7 Å². The van der Waals surface area contributed by atoms with Crippen molar-refractivity contribution in [3.8, 4) is 22.8 Å². The van der Waals surface area contributed by atoms with Crippen LogP contribution in [0.2, 0.25) is 0 Å². The smallest absolute Gasteiger partial charge is 0.234 e. The number of aromatic nitrogens is 3. The molecule has 34 heavy (non-hydrogen) atoms. The Hall–Kier alpha value is -3.79. The van der Waals surface area contributed by atoms with Crippen molar-refractivity contribution in [1.82, 2.24) is 14.8 Å². The molecule has 0 spiro atoms. The highest BCUT2D eigenvalue weighted by atomic mass is 32.2. The van der Waals surface area contributed by atoms with Gasteiger partial charge < -0.3 is 10.1 Å². The normalized spacial score (nSPS) is 10.8. The van der Waals surface area contributed by atoms with Crippen LogP contribution in [0.3, 0.4) is 0 Å². The van der Waals surface area contributed by atoms with Crippen LogP contribution in [0.4, 0.5) is 18.9 Å². The van der Waals surface area contributed by atoms with Crippen LogP contribution in [-0.2, 0) is 4.79 Å². The quantitative estimate of drug-likeness (QED) is 0.336. The Kier molecular flexibility index (Phi) is 7.17. The number of hydrogen-bond acceptors (Lipinski definition) is 5. The molecule has 0 fully saturated rings. The Bertz CT molecular complexity index is 1310. The number of carbonyl (C=O) groups is 1. The number of benzene rings is 3. The first-order chi connectivity index (χ1) is 16.5. The van der Waals surface area contributed by atoms with E-state index in [-0.39, 0.29) is 22.3 Å². The number of anilines is 1. The molecule has 174 valence electrons. The third kappa shape index (κ3) is 5.23. The monoisotopic (exact) mass is 484 g/mol. The molecule has 0 aliphatic heterocycles. The number of halogens is 3. The minimum absolute atomic E-state index is 0.141. The lowest BCUT2D eigenvalue weighted by atomic mass is 10.2. The van der Waals surface area contributed by atoms with E-state index >= 15 is 0 Å². The first kappa shape index (κ1) is 23.4. The molecule has 3 aromatic carbocycles. The van der Waals surface area contributed by atoms with Crippen molar-refractivity contribution in [3.63, 3.8) is 0 Å². The van der Waals surface area contributed by atoms with Gasteiger partial charge in [-0.05, 0) is 55.5 Å². The fraction of sp³-hybridized carbons (Fsp3) is 0.125. The summed E-state index contributed by atoms with van der Waals surface area (Å²) >= 11 is 1.00. The summed E-state index contributed by atoms with van der Waals surface area (Å²) in [5.41, 5.74) is 0.741. The van der Waals surface area contributed by atoms with Gasteiger partial charge in [-0.2, -0.15) is 0 Å². The average molecular weight is 485 g/mol. The SMILES string of the molecule is CCOc1ccc(-c2nnc(SCC(=O)Nc3ccc(F)cc3F)n2-c2ccccc2F)cc1. The predicted octanol–water partition coefficient (Wildman–Crippen LogP) is 5.48. The molecule has 0 saturated carbocycles. The molecule has 0 unspecified atom stereocenters. The molecular formula is C24H19F3N4O2S. The second-order valence-corrected chi connectivity index (χ2v) is 7.95. The first-order valence-electron chi connectivity index (χ1n) is 10.3. The van der Waals surface area contributed by atoms with Crippen LogP contribution in [0.25, 0.3) is 17.1 Å². The van der Waals surface area contributed by atoms with Gasteiger partial charge in [-0.15, -0.1) is 10.2 Å². The van der Waals surface area contributed by atoms with Crippen molar-refractivity contribution < 1.29 is 22.7 Å². The van der Waals surface area contributed by atoms with Crippen molar-refractivity contribution in [1.29, 1.82) is 0 Å². The van der Waals surface area contributed by atoms with Crippen LogP contribution in [0, 0.1) is 17.5 Å². The molecule has 1 aromatic heterocycles. The van der Waals surface area contributed by atoms with Crippen LogP contribution < -0.4 is 10.1 Å². The van der Waals surface area contributed by atoms with E-state index in [1.54, 1.807) is 42.5 Å². The molecule has 0 bridgehead atoms. The van der Waals surface area contributed by atoms with Gasteiger partial charge in [0.15, 0.2) is 11.0 Å². The summed E-state index contributed by atoms with van der Waals surface area (Å²) in [5.74, 6) is -1.76. The predicted molar refractivity (Wildman–Crippen MR) is 124 cm³/mol. The van der Waals surface area contributed by atoms with Gasteiger partial charge in [0.25, 0.3) is 0 Å². The van der Waals surface area contributed by atoms with Crippen molar-refractivity contribution in [3.05, 3.63) is 84.2 Å². The Morgan fingerprint density at radius 1 is 1.00 bits per heavy atom. The Morgan fingerprint density at radius 3 is 2.47 bits per heavy atom. The fourth-order valence-electron chi connectivity index (χ4n) is 3.17. The van der Waals surface area contributed by atoms with E-state index in [0.717, 1.165) is 23.9 Å². The molecule has 4 rings (SSSR count). The van der Waals surface area contributed by atoms with Crippen LogP contribution in [0.5, 0.6) is 5.75 Å². The molecule has 0 saturated heterocycles.